The number of allylic oxidation sites excluding steroid dienone is 1. The smallest absolute Gasteiger partial charge is 0.128 e. The van der Waals surface area contributed by atoms with Crippen LogP contribution in [0.25, 0.3) is 0 Å². The van der Waals surface area contributed by atoms with Crippen LogP contribution < -0.4 is 5.84 Å². The summed E-state index contributed by atoms with van der Waals surface area (Å²) in [5.74, 6) is 5.31. The van der Waals surface area contributed by atoms with Crippen molar-refractivity contribution in [3.63, 3.8) is 0 Å². The van der Waals surface area contributed by atoms with E-state index in [9.17, 15) is 0 Å². The van der Waals surface area contributed by atoms with Crippen LogP contribution in [0.5, 0.6) is 0 Å². The molecule has 0 aromatic heterocycles. The number of nitrogens with two attached hydrogens (primary N) is 1. The molecular formula is C4H5Cl2N3. The number of aliphatic imine (C=N–C) groups is 1. The Morgan fingerprint density at radius 1 is 1.67 bits per heavy atom. The number of hydrogen-bond acceptors (Lipinski definition) is 3. The van der Waals surface area contributed by atoms with Crippen molar-refractivity contribution in [3.8, 4) is 0 Å². The van der Waals surface area contributed by atoms with Crippen molar-refractivity contribution in [1.82, 2.24) is 5.01 Å². The van der Waals surface area contributed by atoms with Gasteiger partial charge in [0.15, 0.2) is 0 Å². The molecule has 0 saturated heterocycles. The Kier molecular flexibility index (Phi) is 1.95. The molecule has 1 rings (SSSR count). The Bertz CT molecular complexity index is 175. The lowest BCUT2D eigenvalue weighted by molar-refractivity contribution is 0.392. The van der Waals surface area contributed by atoms with Gasteiger partial charge >= 0.3 is 0 Å². The molecule has 0 radical (unpaired) electrons. The van der Waals surface area contributed by atoms with Crippen molar-refractivity contribution < 1.29 is 0 Å². The summed E-state index contributed by atoms with van der Waals surface area (Å²) in [6, 6.07) is 0. The fourth-order valence-corrected chi connectivity index (χ4v) is 0.808. The maximum atomic E-state index is 5.56. The minimum absolute atomic E-state index is 0.328. The molecule has 9 heavy (non-hydrogen) atoms. The molecule has 0 aromatic rings. The molecule has 0 fully saturated rings. The molecule has 1 aliphatic heterocycles. The average Bonchev–Trinajstić information content (AvgIpc) is 1.80. The van der Waals surface area contributed by atoms with Gasteiger partial charge in [0.05, 0.1) is 0 Å². The largest absolute Gasteiger partial charge is 0.279 e. The fourth-order valence-electron chi connectivity index (χ4n) is 0.438. The van der Waals surface area contributed by atoms with Gasteiger partial charge in [-0.15, -0.1) is 0 Å². The van der Waals surface area contributed by atoms with Gasteiger partial charge in [-0.2, -0.15) is 0 Å². The first-order valence-electron chi connectivity index (χ1n) is 2.29. The molecule has 0 amide bonds. The van der Waals surface area contributed by atoms with Crippen LogP contribution in [-0.2, 0) is 0 Å². The SMILES string of the molecule is NN1CN=C(Cl)C=C1Cl. The number of nitrogens with zero attached hydrogens (tertiary/aromatic N) is 2. The first kappa shape index (κ1) is 6.86. The number of hydrazine groups is 1. The Morgan fingerprint density at radius 3 is 2.78 bits per heavy atom. The summed E-state index contributed by atoms with van der Waals surface area (Å²) in [5, 5.41) is 2.10. The summed E-state index contributed by atoms with van der Waals surface area (Å²) in [5.41, 5.74) is 0. The van der Waals surface area contributed by atoms with Crippen LogP contribution in [0.15, 0.2) is 16.2 Å². The molecule has 3 nitrogen and oxygen atoms in total. The average molecular weight is 166 g/mol. The third-order valence-electron chi connectivity index (χ3n) is 0.887. The molecule has 0 unspecified atom stereocenters. The Hall–Kier alpha value is -0.250. The molecular weight excluding hydrogens is 161 g/mol. The summed E-state index contributed by atoms with van der Waals surface area (Å²) in [4.78, 5) is 3.78. The fraction of sp³-hybridized carbons (Fsp3) is 0.250. The van der Waals surface area contributed by atoms with Crippen LogP contribution in [-0.4, -0.2) is 16.8 Å². The van der Waals surface area contributed by atoms with Crippen molar-refractivity contribution in [1.29, 1.82) is 0 Å². The van der Waals surface area contributed by atoms with Gasteiger partial charge in [-0.25, -0.2) is 5.84 Å². The van der Waals surface area contributed by atoms with E-state index in [1.54, 1.807) is 0 Å². The van der Waals surface area contributed by atoms with E-state index >= 15 is 0 Å². The molecule has 5 heteroatoms. The minimum atomic E-state index is 0.328. The van der Waals surface area contributed by atoms with Crippen LogP contribution >= 0.6 is 23.2 Å². The first-order valence-corrected chi connectivity index (χ1v) is 3.05. The number of rotatable bonds is 0. The quantitative estimate of drug-likeness (QED) is 0.428. The topological polar surface area (TPSA) is 41.6 Å². The zero-order valence-corrected chi connectivity index (χ0v) is 6.02. The summed E-state index contributed by atoms with van der Waals surface area (Å²) in [6.07, 6.45) is 1.49. The van der Waals surface area contributed by atoms with E-state index in [0.717, 1.165) is 0 Å². The van der Waals surface area contributed by atoms with Crippen LogP contribution in [0.2, 0.25) is 0 Å². The second-order valence-corrected chi connectivity index (χ2v) is 2.33. The highest BCUT2D eigenvalue weighted by Crippen LogP contribution is 2.10. The lowest BCUT2D eigenvalue weighted by Crippen LogP contribution is -2.30. The molecule has 0 atom stereocenters. The summed E-state index contributed by atoms with van der Waals surface area (Å²) in [7, 11) is 0. The van der Waals surface area contributed by atoms with Crippen molar-refractivity contribution in [3.05, 3.63) is 11.2 Å². The number of halogens is 2. The van der Waals surface area contributed by atoms with Crippen LogP contribution in [0.3, 0.4) is 0 Å². The standard InChI is InChI=1S/C4H5Cl2N3/c5-3-1-4(6)9(7)2-8-3/h1H,2,7H2. The van der Waals surface area contributed by atoms with E-state index in [1.807, 2.05) is 0 Å². The van der Waals surface area contributed by atoms with Gasteiger partial charge < -0.3 is 0 Å². The highest BCUT2D eigenvalue weighted by molar-refractivity contribution is 6.69. The normalized spacial score (nSPS) is 19.2. The molecule has 0 saturated carbocycles. The van der Waals surface area contributed by atoms with Crippen molar-refractivity contribution in [2.45, 2.75) is 0 Å². The van der Waals surface area contributed by atoms with Crippen molar-refractivity contribution in [2.24, 2.45) is 10.8 Å². The van der Waals surface area contributed by atoms with Crippen LogP contribution in [0.4, 0.5) is 0 Å². The van der Waals surface area contributed by atoms with Gasteiger partial charge in [-0.1, -0.05) is 23.2 Å². The van der Waals surface area contributed by atoms with Gasteiger partial charge in [0, 0.05) is 6.08 Å². The maximum Gasteiger partial charge on any atom is 0.128 e. The van der Waals surface area contributed by atoms with E-state index in [0.29, 0.717) is 17.0 Å². The van der Waals surface area contributed by atoms with Gasteiger partial charge in [-0.05, 0) is 0 Å². The second kappa shape index (κ2) is 2.56. The van der Waals surface area contributed by atoms with E-state index < -0.39 is 0 Å². The van der Waals surface area contributed by atoms with E-state index in [-0.39, 0.29) is 0 Å². The third kappa shape index (κ3) is 1.58. The van der Waals surface area contributed by atoms with Crippen molar-refractivity contribution >= 4 is 28.4 Å². The van der Waals surface area contributed by atoms with Gasteiger partial charge in [-0.3, -0.25) is 10.0 Å². The predicted molar refractivity (Wildman–Crippen MR) is 38.1 cm³/mol. The molecule has 0 spiro atoms. The number of hydrogen-bond donors (Lipinski definition) is 1. The molecule has 1 heterocycles. The van der Waals surface area contributed by atoms with Crippen molar-refractivity contribution in [2.75, 3.05) is 6.67 Å². The molecule has 50 valence electrons. The van der Waals surface area contributed by atoms with E-state index in [2.05, 4.69) is 4.99 Å². The zero-order valence-electron chi connectivity index (χ0n) is 4.51. The monoisotopic (exact) mass is 165 g/mol. The second-order valence-electron chi connectivity index (χ2n) is 1.56. The van der Waals surface area contributed by atoms with Gasteiger partial charge in [0.25, 0.3) is 0 Å². The zero-order chi connectivity index (χ0) is 6.85. The third-order valence-corrected chi connectivity index (χ3v) is 1.44. The Labute approximate surface area is 62.7 Å². The molecule has 0 aromatic carbocycles. The highest BCUT2D eigenvalue weighted by atomic mass is 35.5. The Balaban J connectivity index is 2.74. The lowest BCUT2D eigenvalue weighted by atomic mass is 10.6. The van der Waals surface area contributed by atoms with E-state index in [4.69, 9.17) is 29.0 Å². The summed E-state index contributed by atoms with van der Waals surface area (Å²) in [6.45, 7) is 0.328. The summed E-state index contributed by atoms with van der Waals surface area (Å²) >= 11 is 11.0. The van der Waals surface area contributed by atoms with Crippen LogP contribution in [0.1, 0.15) is 0 Å². The predicted octanol–water partition coefficient (Wildman–Crippen LogP) is 0.851. The molecule has 0 bridgehead atoms. The summed E-state index contributed by atoms with van der Waals surface area (Å²) < 4.78 is 0. The molecule has 0 aliphatic carbocycles. The Morgan fingerprint density at radius 2 is 2.33 bits per heavy atom. The molecule has 1 aliphatic rings. The first-order chi connectivity index (χ1) is 4.20. The molecule has 2 N–H and O–H groups in total. The lowest BCUT2D eigenvalue weighted by Gasteiger charge is -2.17. The van der Waals surface area contributed by atoms with E-state index in [1.165, 1.54) is 11.1 Å². The van der Waals surface area contributed by atoms with Gasteiger partial charge in [0.1, 0.15) is 17.0 Å². The minimum Gasteiger partial charge on any atom is -0.279 e. The van der Waals surface area contributed by atoms with Crippen LogP contribution in [0, 0.1) is 0 Å². The maximum absolute atomic E-state index is 5.56. The highest BCUT2D eigenvalue weighted by Gasteiger charge is 2.06. The van der Waals surface area contributed by atoms with Gasteiger partial charge in [0.2, 0.25) is 0 Å².